The summed E-state index contributed by atoms with van der Waals surface area (Å²) >= 11 is 0. The number of rotatable bonds is 5. The highest BCUT2D eigenvalue weighted by Gasteiger charge is 2.15. The number of benzene rings is 1. The molecule has 1 aromatic carbocycles. The maximum absolute atomic E-state index is 12.1. The maximum Gasteiger partial charge on any atom is 0.275 e. The predicted octanol–water partition coefficient (Wildman–Crippen LogP) is -0.620. The number of nitrogens with one attached hydrogen (secondary N) is 1. The van der Waals surface area contributed by atoms with Gasteiger partial charge in [0.1, 0.15) is 18.7 Å². The normalized spacial score (nSPS) is 11.1. The van der Waals surface area contributed by atoms with Crippen molar-refractivity contribution in [2.45, 2.75) is 11.8 Å². The van der Waals surface area contributed by atoms with Gasteiger partial charge in [0.25, 0.3) is 10.0 Å². The van der Waals surface area contributed by atoms with Gasteiger partial charge in [-0.05, 0) is 31.2 Å². The summed E-state index contributed by atoms with van der Waals surface area (Å²) in [6.07, 6.45) is 1.04. The molecule has 0 aliphatic heterocycles. The number of amides is 1. The lowest BCUT2D eigenvalue weighted by molar-refractivity contribution is -0.246. The molecule has 9 nitrogen and oxygen atoms in total. The van der Waals surface area contributed by atoms with Gasteiger partial charge in [-0.15, -0.1) is 10.2 Å². The van der Waals surface area contributed by atoms with E-state index in [4.69, 9.17) is 0 Å². The van der Waals surface area contributed by atoms with E-state index in [0.717, 1.165) is 9.58 Å². The Bertz CT molecular complexity index is 712. The molecule has 112 valence electrons. The lowest BCUT2D eigenvalue weighted by Gasteiger charge is -2.23. The molecule has 0 saturated carbocycles. The lowest BCUT2D eigenvalue weighted by atomic mass is 10.3. The van der Waals surface area contributed by atoms with Gasteiger partial charge in [-0.1, -0.05) is 0 Å². The minimum atomic E-state index is -3.80. The van der Waals surface area contributed by atoms with Crippen molar-refractivity contribution in [1.82, 2.24) is 14.9 Å². The summed E-state index contributed by atoms with van der Waals surface area (Å²) < 4.78 is 25.2. The third-order valence-electron chi connectivity index (χ3n) is 2.64. The summed E-state index contributed by atoms with van der Waals surface area (Å²) in [5.74, 6) is 0. The first-order valence-corrected chi connectivity index (χ1v) is 7.38. The molecule has 2 rings (SSSR count). The molecule has 1 heterocycles. The van der Waals surface area contributed by atoms with Crippen molar-refractivity contribution >= 4 is 21.8 Å². The van der Waals surface area contributed by atoms with Crippen LogP contribution in [0.5, 0.6) is 0 Å². The second-order valence-electron chi connectivity index (χ2n) is 3.97. The van der Waals surface area contributed by atoms with E-state index < -0.39 is 16.1 Å². The second-order valence-corrected chi connectivity index (χ2v) is 5.63. The fourth-order valence-electron chi connectivity index (χ4n) is 1.66. The van der Waals surface area contributed by atoms with E-state index in [2.05, 4.69) is 15.0 Å². The highest BCUT2D eigenvalue weighted by Crippen LogP contribution is 2.18. The van der Waals surface area contributed by atoms with Crippen LogP contribution in [0.3, 0.4) is 0 Å². The number of nitrogens with zero attached hydrogens (tertiary/aromatic N) is 4. The molecular formula is C11H12N5O4S-. The van der Waals surface area contributed by atoms with Crippen molar-refractivity contribution in [3.05, 3.63) is 36.9 Å². The summed E-state index contributed by atoms with van der Waals surface area (Å²) in [5.41, 5.74) is 0.334. The van der Waals surface area contributed by atoms with Crippen LogP contribution in [0.25, 0.3) is 0 Å². The lowest BCUT2D eigenvalue weighted by Crippen LogP contribution is -2.41. The molecule has 0 aliphatic rings. The van der Waals surface area contributed by atoms with Crippen LogP contribution in [-0.2, 0) is 10.0 Å². The molecule has 1 N–H and O–H groups in total. The Labute approximate surface area is 120 Å². The molecular weight excluding hydrogens is 298 g/mol. The molecule has 0 radical (unpaired) electrons. The Morgan fingerprint density at radius 3 is 2.33 bits per heavy atom. The first kappa shape index (κ1) is 14.8. The standard InChI is InChI=1S/C11H13N5O4S/c1-2-16(11(17)18)9-3-5-10(6-4-9)21(19,20)14-15-7-12-13-8-15/h3-8,14H,2H2,1H3,(H,17,18)/p-1. The van der Waals surface area contributed by atoms with Crippen molar-refractivity contribution in [2.24, 2.45) is 0 Å². The zero-order chi connectivity index (χ0) is 15.5. The molecule has 0 saturated heterocycles. The van der Waals surface area contributed by atoms with E-state index in [1.165, 1.54) is 36.9 Å². The number of anilines is 1. The molecule has 21 heavy (non-hydrogen) atoms. The fourth-order valence-corrected chi connectivity index (χ4v) is 2.63. The smallest absolute Gasteiger partial charge is 0.275 e. The average molecular weight is 310 g/mol. The quantitative estimate of drug-likeness (QED) is 0.785. The van der Waals surface area contributed by atoms with Crippen molar-refractivity contribution in [1.29, 1.82) is 0 Å². The van der Waals surface area contributed by atoms with Gasteiger partial charge in [0.05, 0.1) is 4.90 Å². The van der Waals surface area contributed by atoms with E-state index >= 15 is 0 Å². The molecule has 0 aliphatic carbocycles. The van der Waals surface area contributed by atoms with Crippen LogP contribution in [-0.4, -0.2) is 35.9 Å². The van der Waals surface area contributed by atoms with Gasteiger partial charge in [0, 0.05) is 12.2 Å². The largest absolute Gasteiger partial charge is 0.530 e. The molecule has 0 unspecified atom stereocenters. The maximum atomic E-state index is 12.1. The predicted molar refractivity (Wildman–Crippen MR) is 71.4 cm³/mol. The summed E-state index contributed by atoms with van der Waals surface area (Å²) in [7, 11) is -3.80. The Kier molecular flexibility index (Phi) is 4.08. The monoisotopic (exact) mass is 310 g/mol. The zero-order valence-electron chi connectivity index (χ0n) is 11.0. The fraction of sp³-hybridized carbons (Fsp3) is 0.182. The van der Waals surface area contributed by atoms with E-state index in [0.29, 0.717) is 5.69 Å². The molecule has 10 heteroatoms. The number of hydrogen-bond donors (Lipinski definition) is 1. The van der Waals surface area contributed by atoms with Crippen LogP contribution in [0.15, 0.2) is 41.8 Å². The summed E-state index contributed by atoms with van der Waals surface area (Å²) in [6.45, 7) is 1.85. The van der Waals surface area contributed by atoms with Gasteiger partial charge < -0.3 is 14.8 Å². The highest BCUT2D eigenvalue weighted by molar-refractivity contribution is 7.92. The minimum absolute atomic E-state index is 0.0191. The Morgan fingerprint density at radius 2 is 1.86 bits per heavy atom. The van der Waals surface area contributed by atoms with Gasteiger partial charge in [0.2, 0.25) is 0 Å². The molecule has 1 amide bonds. The minimum Gasteiger partial charge on any atom is -0.530 e. The molecule has 0 spiro atoms. The van der Waals surface area contributed by atoms with Crippen molar-refractivity contribution in [3.8, 4) is 0 Å². The topological polar surface area (TPSA) is 120 Å². The molecule has 2 aromatic rings. The van der Waals surface area contributed by atoms with Crippen LogP contribution >= 0.6 is 0 Å². The Hall–Kier alpha value is -2.62. The summed E-state index contributed by atoms with van der Waals surface area (Å²) in [5, 5.41) is 17.8. The van der Waals surface area contributed by atoms with Crippen molar-refractivity contribution < 1.29 is 18.3 Å². The van der Waals surface area contributed by atoms with Gasteiger partial charge in [-0.25, -0.2) is 9.51 Å². The number of carboxylic acid groups (broad SMARTS) is 1. The molecule has 0 fully saturated rings. The van der Waals surface area contributed by atoms with Gasteiger partial charge in [-0.3, -0.25) is 0 Å². The third-order valence-corrected chi connectivity index (χ3v) is 3.98. The van der Waals surface area contributed by atoms with Crippen LogP contribution < -0.4 is 14.8 Å². The van der Waals surface area contributed by atoms with Gasteiger partial charge in [-0.2, -0.15) is 8.42 Å². The number of hydrogen-bond acceptors (Lipinski definition) is 6. The summed E-state index contributed by atoms with van der Waals surface area (Å²) in [4.78, 5) is 14.1. The number of carbonyl (C=O) groups is 1. The van der Waals surface area contributed by atoms with Gasteiger partial charge >= 0.3 is 0 Å². The van der Waals surface area contributed by atoms with Crippen LogP contribution in [0.2, 0.25) is 0 Å². The van der Waals surface area contributed by atoms with E-state index in [1.807, 2.05) is 0 Å². The number of aromatic nitrogens is 3. The molecule has 1 aromatic heterocycles. The molecule has 0 bridgehead atoms. The highest BCUT2D eigenvalue weighted by atomic mass is 32.2. The Morgan fingerprint density at radius 1 is 1.29 bits per heavy atom. The van der Waals surface area contributed by atoms with Crippen LogP contribution in [0.1, 0.15) is 6.92 Å². The second kappa shape index (κ2) is 5.79. The zero-order valence-corrected chi connectivity index (χ0v) is 11.8. The van der Waals surface area contributed by atoms with Crippen LogP contribution in [0.4, 0.5) is 10.5 Å². The van der Waals surface area contributed by atoms with E-state index in [9.17, 15) is 18.3 Å². The van der Waals surface area contributed by atoms with Crippen molar-refractivity contribution in [2.75, 3.05) is 16.3 Å². The Balaban J connectivity index is 2.24. The number of sulfonamides is 1. The average Bonchev–Trinajstić information content (AvgIpc) is 2.92. The third kappa shape index (κ3) is 3.28. The van der Waals surface area contributed by atoms with E-state index in [-0.39, 0.29) is 11.4 Å². The molecule has 0 atom stereocenters. The van der Waals surface area contributed by atoms with Gasteiger partial charge in [0.15, 0.2) is 0 Å². The first-order chi connectivity index (χ1) is 9.94. The summed E-state index contributed by atoms with van der Waals surface area (Å²) in [6, 6.07) is 5.38. The number of carbonyl (C=O) groups excluding carboxylic acids is 1. The van der Waals surface area contributed by atoms with E-state index in [1.54, 1.807) is 6.92 Å². The first-order valence-electron chi connectivity index (χ1n) is 5.90. The van der Waals surface area contributed by atoms with Crippen molar-refractivity contribution in [3.63, 3.8) is 0 Å². The van der Waals surface area contributed by atoms with Crippen LogP contribution in [0, 0.1) is 0 Å². The SMILES string of the molecule is CCN(C(=O)[O-])c1ccc(S(=O)(=O)Nn2cnnc2)cc1.